The van der Waals surface area contributed by atoms with E-state index in [1.54, 1.807) is 0 Å². The minimum atomic E-state index is -0.0490. The van der Waals surface area contributed by atoms with Gasteiger partial charge in [0.25, 0.3) is 5.91 Å². The van der Waals surface area contributed by atoms with Gasteiger partial charge >= 0.3 is 0 Å². The Hall–Kier alpha value is -2.41. The Balaban J connectivity index is 1.62. The van der Waals surface area contributed by atoms with E-state index in [4.69, 9.17) is 5.73 Å². The molecule has 7 nitrogen and oxygen atoms in total. The number of hydrogen-bond acceptors (Lipinski definition) is 6. The van der Waals surface area contributed by atoms with E-state index in [1.807, 2.05) is 18.2 Å². The summed E-state index contributed by atoms with van der Waals surface area (Å²) in [6, 6.07) is 5.60. The topological polar surface area (TPSA) is 87.4 Å². The maximum absolute atomic E-state index is 12.3. The summed E-state index contributed by atoms with van der Waals surface area (Å²) in [5, 5.41) is 3.94. The second-order valence-electron chi connectivity index (χ2n) is 7.08. The summed E-state index contributed by atoms with van der Waals surface area (Å²) in [6.07, 6.45) is 2.44. The summed E-state index contributed by atoms with van der Waals surface area (Å²) < 4.78 is 0. The van der Waals surface area contributed by atoms with Gasteiger partial charge in [0.1, 0.15) is 5.82 Å². The Kier molecular flexibility index (Phi) is 4.17. The number of carbonyl (C=O) groups is 1. The molecule has 0 atom stereocenters. The van der Waals surface area contributed by atoms with Gasteiger partial charge in [-0.2, -0.15) is 4.98 Å². The lowest BCUT2D eigenvalue weighted by Crippen LogP contribution is -2.45. The first kappa shape index (κ1) is 16.1. The monoisotopic (exact) mass is 340 g/mol. The van der Waals surface area contributed by atoms with Crippen molar-refractivity contribution in [3.05, 3.63) is 23.8 Å². The molecule has 2 heterocycles. The Morgan fingerprint density at radius 3 is 2.72 bits per heavy atom. The number of piperazine rings is 1. The Labute approximate surface area is 147 Å². The van der Waals surface area contributed by atoms with Crippen LogP contribution in [0.1, 0.15) is 23.2 Å². The van der Waals surface area contributed by atoms with Crippen LogP contribution in [0.25, 0.3) is 10.9 Å². The number of amides is 1. The van der Waals surface area contributed by atoms with Crippen molar-refractivity contribution < 1.29 is 4.79 Å². The van der Waals surface area contributed by atoms with Crippen LogP contribution in [0.3, 0.4) is 0 Å². The molecule has 0 spiro atoms. The number of rotatable bonds is 4. The third-order valence-corrected chi connectivity index (χ3v) is 5.01. The quantitative estimate of drug-likeness (QED) is 0.867. The highest BCUT2D eigenvalue weighted by atomic mass is 16.1. The van der Waals surface area contributed by atoms with Crippen LogP contribution in [0.2, 0.25) is 0 Å². The van der Waals surface area contributed by atoms with Crippen molar-refractivity contribution in [1.82, 2.24) is 20.2 Å². The van der Waals surface area contributed by atoms with Crippen molar-refractivity contribution in [2.24, 2.45) is 5.92 Å². The van der Waals surface area contributed by atoms with Gasteiger partial charge in [0.15, 0.2) is 0 Å². The number of likely N-dealkylation sites (N-methyl/N-ethyl adjacent to an activating group) is 1. The largest absolute Gasteiger partial charge is 0.368 e. The first-order valence-electron chi connectivity index (χ1n) is 8.89. The van der Waals surface area contributed by atoms with E-state index < -0.39 is 0 Å². The molecule has 1 saturated carbocycles. The minimum Gasteiger partial charge on any atom is -0.368 e. The summed E-state index contributed by atoms with van der Waals surface area (Å²) in [6.45, 7) is 4.56. The number of benzene rings is 1. The van der Waals surface area contributed by atoms with Crippen molar-refractivity contribution in [3.8, 4) is 0 Å². The highest BCUT2D eigenvalue weighted by Crippen LogP contribution is 2.28. The van der Waals surface area contributed by atoms with E-state index in [1.165, 1.54) is 12.8 Å². The predicted octanol–water partition coefficient (Wildman–Crippen LogP) is 1.10. The molecule has 25 heavy (non-hydrogen) atoms. The van der Waals surface area contributed by atoms with Crippen LogP contribution >= 0.6 is 0 Å². The second kappa shape index (κ2) is 6.48. The molecule has 4 rings (SSSR count). The maximum atomic E-state index is 12.3. The fraction of sp³-hybridized carbons (Fsp3) is 0.500. The van der Waals surface area contributed by atoms with Crippen LogP contribution < -0.4 is 16.0 Å². The van der Waals surface area contributed by atoms with Crippen molar-refractivity contribution in [1.29, 1.82) is 0 Å². The number of nitrogens with one attached hydrogen (secondary N) is 1. The molecule has 2 aliphatic rings. The van der Waals surface area contributed by atoms with E-state index >= 15 is 0 Å². The molecule has 1 aliphatic heterocycles. The van der Waals surface area contributed by atoms with Gasteiger partial charge in [-0.25, -0.2) is 4.98 Å². The minimum absolute atomic E-state index is 0.0490. The number of hydrogen-bond donors (Lipinski definition) is 2. The average molecular weight is 340 g/mol. The molecule has 132 valence electrons. The number of nitrogens with zero attached hydrogens (tertiary/aromatic N) is 4. The average Bonchev–Trinajstić information content (AvgIpc) is 3.43. The van der Waals surface area contributed by atoms with Crippen LogP contribution in [0, 0.1) is 5.92 Å². The zero-order valence-corrected chi connectivity index (χ0v) is 14.5. The lowest BCUT2D eigenvalue weighted by molar-refractivity contribution is 0.0952. The third kappa shape index (κ3) is 3.51. The fourth-order valence-corrected chi connectivity index (χ4v) is 3.19. The molecule has 1 aromatic carbocycles. The zero-order chi connectivity index (χ0) is 17.4. The van der Waals surface area contributed by atoms with Gasteiger partial charge in [-0.3, -0.25) is 4.79 Å². The number of anilines is 2. The summed E-state index contributed by atoms with van der Waals surface area (Å²) in [7, 11) is 2.12. The lowest BCUT2D eigenvalue weighted by atomic mass is 10.1. The molecule has 1 saturated heterocycles. The highest BCUT2D eigenvalue weighted by molar-refractivity contribution is 6.00. The summed E-state index contributed by atoms with van der Waals surface area (Å²) in [4.78, 5) is 25.7. The van der Waals surface area contributed by atoms with E-state index in [0.717, 1.165) is 49.4 Å². The van der Waals surface area contributed by atoms with Crippen molar-refractivity contribution in [2.45, 2.75) is 12.8 Å². The number of aromatic nitrogens is 2. The summed E-state index contributed by atoms with van der Waals surface area (Å²) in [5.41, 5.74) is 7.28. The number of fused-ring (bicyclic) bond motifs is 1. The highest BCUT2D eigenvalue weighted by Gasteiger charge is 2.22. The van der Waals surface area contributed by atoms with Crippen molar-refractivity contribution in [3.63, 3.8) is 0 Å². The van der Waals surface area contributed by atoms with E-state index in [2.05, 4.69) is 32.1 Å². The van der Waals surface area contributed by atoms with Gasteiger partial charge in [-0.1, -0.05) is 0 Å². The van der Waals surface area contributed by atoms with Crippen molar-refractivity contribution >= 4 is 28.6 Å². The molecule has 1 aromatic heterocycles. The maximum Gasteiger partial charge on any atom is 0.251 e. The molecule has 1 amide bonds. The molecule has 2 fully saturated rings. The third-order valence-electron chi connectivity index (χ3n) is 5.01. The molecular formula is C18H24N6O. The lowest BCUT2D eigenvalue weighted by Gasteiger charge is -2.33. The number of carbonyl (C=O) groups excluding carboxylic acids is 1. The van der Waals surface area contributed by atoms with Gasteiger partial charge in [0.05, 0.1) is 5.52 Å². The van der Waals surface area contributed by atoms with Gasteiger partial charge in [0, 0.05) is 43.7 Å². The molecule has 0 bridgehead atoms. The van der Waals surface area contributed by atoms with Gasteiger partial charge in [-0.15, -0.1) is 0 Å². The Morgan fingerprint density at radius 2 is 2.00 bits per heavy atom. The van der Waals surface area contributed by atoms with Crippen LogP contribution in [-0.2, 0) is 0 Å². The standard InChI is InChI=1S/C18H24N6O/c1-23-6-8-24(9-7-23)16-14-5-4-13(10-15(14)21-18(19)22-16)17(25)20-11-12-2-3-12/h4-5,10,12H,2-3,6-9,11H2,1H3,(H,20,25)(H2,19,21,22). The Bertz CT molecular complexity index is 795. The first-order valence-corrected chi connectivity index (χ1v) is 8.89. The molecule has 7 heteroatoms. The summed E-state index contributed by atoms with van der Waals surface area (Å²) in [5.74, 6) is 1.72. The molecule has 3 N–H and O–H groups in total. The van der Waals surface area contributed by atoms with E-state index in [0.29, 0.717) is 11.5 Å². The Morgan fingerprint density at radius 1 is 1.24 bits per heavy atom. The van der Waals surface area contributed by atoms with Crippen LogP contribution in [0.5, 0.6) is 0 Å². The zero-order valence-electron chi connectivity index (χ0n) is 14.5. The van der Waals surface area contributed by atoms with E-state index in [9.17, 15) is 4.79 Å². The molecule has 0 unspecified atom stereocenters. The molecular weight excluding hydrogens is 316 g/mol. The molecule has 1 aliphatic carbocycles. The number of nitrogen functional groups attached to an aromatic ring is 1. The predicted molar refractivity (Wildman–Crippen MR) is 98.7 cm³/mol. The normalized spacial score (nSPS) is 18.5. The number of nitrogens with two attached hydrogens (primary N) is 1. The SMILES string of the molecule is CN1CCN(c2nc(N)nc3cc(C(=O)NCC4CC4)ccc23)CC1. The fourth-order valence-electron chi connectivity index (χ4n) is 3.19. The molecule has 0 radical (unpaired) electrons. The van der Waals surface area contributed by atoms with Crippen LogP contribution in [0.4, 0.5) is 11.8 Å². The van der Waals surface area contributed by atoms with Crippen LogP contribution in [-0.4, -0.2) is 60.5 Å². The smallest absolute Gasteiger partial charge is 0.251 e. The summed E-state index contributed by atoms with van der Waals surface area (Å²) >= 11 is 0. The van der Waals surface area contributed by atoms with Gasteiger partial charge < -0.3 is 20.9 Å². The van der Waals surface area contributed by atoms with E-state index in [-0.39, 0.29) is 11.9 Å². The second-order valence-corrected chi connectivity index (χ2v) is 7.08. The van der Waals surface area contributed by atoms with Crippen molar-refractivity contribution in [2.75, 3.05) is 50.4 Å². The first-order chi connectivity index (χ1) is 12.1. The van der Waals surface area contributed by atoms with Crippen LogP contribution in [0.15, 0.2) is 18.2 Å². The molecule has 2 aromatic rings. The van der Waals surface area contributed by atoms with Gasteiger partial charge in [-0.05, 0) is 44.0 Å². The van der Waals surface area contributed by atoms with Gasteiger partial charge in [0.2, 0.25) is 5.95 Å².